The molecule has 1 rings (SSSR count). The van der Waals surface area contributed by atoms with Crippen LogP contribution in [0.15, 0.2) is 30.3 Å². The van der Waals surface area contributed by atoms with Crippen LogP contribution in [0.4, 0.5) is 0 Å². The van der Waals surface area contributed by atoms with Gasteiger partial charge in [-0.05, 0) is 25.8 Å². The molecule has 0 amide bonds. The van der Waals surface area contributed by atoms with Crippen molar-refractivity contribution in [2.45, 2.75) is 51.7 Å². The van der Waals surface area contributed by atoms with Crippen molar-refractivity contribution in [1.82, 2.24) is 5.32 Å². The molecule has 0 aliphatic heterocycles. The highest BCUT2D eigenvalue weighted by Crippen LogP contribution is 2.20. The molecule has 0 aromatic heterocycles. The topological polar surface area (TPSA) is 21.3 Å². The quantitative estimate of drug-likeness (QED) is 0.753. The second kappa shape index (κ2) is 7.55. The first kappa shape index (κ1) is 15.2. The number of rotatable bonds is 8. The monoisotopic (exact) mass is 249 g/mol. The smallest absolute Gasteiger partial charge is 0.0746 e. The summed E-state index contributed by atoms with van der Waals surface area (Å²) in [7, 11) is 1.77. The number of benzene rings is 1. The van der Waals surface area contributed by atoms with Crippen LogP contribution in [-0.2, 0) is 4.74 Å². The van der Waals surface area contributed by atoms with E-state index in [1.165, 1.54) is 24.8 Å². The SMILES string of the molecule is CCCCC(NCC(C)(C)OC)c1ccccc1. The molecule has 0 radical (unpaired) electrons. The fourth-order valence-electron chi connectivity index (χ4n) is 1.92. The highest BCUT2D eigenvalue weighted by molar-refractivity contribution is 5.18. The van der Waals surface area contributed by atoms with E-state index < -0.39 is 0 Å². The largest absolute Gasteiger partial charge is 0.377 e. The molecule has 0 saturated heterocycles. The van der Waals surface area contributed by atoms with Gasteiger partial charge < -0.3 is 10.1 Å². The van der Waals surface area contributed by atoms with E-state index in [4.69, 9.17) is 4.74 Å². The summed E-state index contributed by atoms with van der Waals surface area (Å²) in [6.07, 6.45) is 3.67. The minimum Gasteiger partial charge on any atom is -0.377 e. The number of nitrogens with one attached hydrogen (secondary N) is 1. The second-order valence-electron chi connectivity index (χ2n) is 5.45. The van der Waals surface area contributed by atoms with E-state index in [9.17, 15) is 0 Å². The summed E-state index contributed by atoms with van der Waals surface area (Å²) in [5.74, 6) is 0. The molecular weight excluding hydrogens is 222 g/mol. The first-order valence-corrected chi connectivity index (χ1v) is 6.92. The van der Waals surface area contributed by atoms with Crippen LogP contribution in [0.5, 0.6) is 0 Å². The predicted octanol–water partition coefficient (Wildman–Crippen LogP) is 3.93. The highest BCUT2D eigenvalue weighted by atomic mass is 16.5. The van der Waals surface area contributed by atoms with Gasteiger partial charge in [0, 0.05) is 19.7 Å². The predicted molar refractivity (Wildman–Crippen MR) is 77.8 cm³/mol. The Morgan fingerprint density at radius 2 is 1.89 bits per heavy atom. The van der Waals surface area contributed by atoms with Crippen LogP contribution in [0.1, 0.15) is 51.6 Å². The summed E-state index contributed by atoms with van der Waals surface area (Å²) < 4.78 is 5.47. The lowest BCUT2D eigenvalue weighted by molar-refractivity contribution is 0.0207. The molecule has 2 nitrogen and oxygen atoms in total. The molecule has 0 aliphatic carbocycles. The normalized spacial score (nSPS) is 13.6. The Labute approximate surface area is 112 Å². The third-order valence-corrected chi connectivity index (χ3v) is 3.38. The average molecular weight is 249 g/mol. The van der Waals surface area contributed by atoms with Gasteiger partial charge in [-0.3, -0.25) is 0 Å². The molecule has 0 heterocycles. The van der Waals surface area contributed by atoms with Crippen LogP contribution < -0.4 is 5.32 Å². The van der Waals surface area contributed by atoms with Crippen molar-refractivity contribution in [2.75, 3.05) is 13.7 Å². The van der Waals surface area contributed by atoms with Gasteiger partial charge in [-0.25, -0.2) is 0 Å². The van der Waals surface area contributed by atoms with Gasteiger partial charge in [0.15, 0.2) is 0 Å². The van der Waals surface area contributed by atoms with Gasteiger partial charge in [0.25, 0.3) is 0 Å². The van der Waals surface area contributed by atoms with Crippen LogP contribution >= 0.6 is 0 Å². The van der Waals surface area contributed by atoms with E-state index in [1.807, 2.05) is 0 Å². The van der Waals surface area contributed by atoms with Crippen LogP contribution in [0.25, 0.3) is 0 Å². The molecule has 0 aliphatic rings. The summed E-state index contributed by atoms with van der Waals surface area (Å²) in [5, 5.41) is 3.64. The number of methoxy groups -OCH3 is 1. The molecule has 0 saturated carbocycles. The first-order chi connectivity index (χ1) is 8.59. The van der Waals surface area contributed by atoms with Crippen LogP contribution in [0.2, 0.25) is 0 Å². The fourth-order valence-corrected chi connectivity index (χ4v) is 1.92. The second-order valence-corrected chi connectivity index (χ2v) is 5.45. The number of unbranched alkanes of at least 4 members (excludes halogenated alkanes) is 1. The highest BCUT2D eigenvalue weighted by Gasteiger charge is 2.19. The minimum absolute atomic E-state index is 0.112. The molecule has 102 valence electrons. The van der Waals surface area contributed by atoms with E-state index in [1.54, 1.807) is 7.11 Å². The Hall–Kier alpha value is -0.860. The Kier molecular flexibility index (Phi) is 6.37. The first-order valence-electron chi connectivity index (χ1n) is 6.92. The van der Waals surface area contributed by atoms with Gasteiger partial charge in [0.2, 0.25) is 0 Å². The molecule has 0 spiro atoms. The summed E-state index contributed by atoms with van der Waals surface area (Å²) >= 11 is 0. The Morgan fingerprint density at radius 1 is 1.22 bits per heavy atom. The van der Waals surface area contributed by atoms with Gasteiger partial charge in [-0.2, -0.15) is 0 Å². The molecule has 2 heteroatoms. The Bertz CT molecular complexity index is 321. The molecule has 1 atom stereocenters. The van der Waals surface area contributed by atoms with Crippen molar-refractivity contribution in [3.8, 4) is 0 Å². The van der Waals surface area contributed by atoms with E-state index in [0.717, 1.165) is 6.54 Å². The van der Waals surface area contributed by atoms with Gasteiger partial charge in [-0.1, -0.05) is 50.1 Å². The van der Waals surface area contributed by atoms with Crippen molar-refractivity contribution in [3.63, 3.8) is 0 Å². The number of hydrogen-bond acceptors (Lipinski definition) is 2. The van der Waals surface area contributed by atoms with Gasteiger partial charge in [0.1, 0.15) is 0 Å². The number of ether oxygens (including phenoxy) is 1. The lowest BCUT2D eigenvalue weighted by Gasteiger charge is -2.27. The standard InChI is InChI=1S/C16H27NO/c1-5-6-12-15(14-10-8-7-9-11-14)17-13-16(2,3)18-4/h7-11,15,17H,5-6,12-13H2,1-4H3. The van der Waals surface area contributed by atoms with Gasteiger partial charge in [-0.15, -0.1) is 0 Å². The molecule has 18 heavy (non-hydrogen) atoms. The van der Waals surface area contributed by atoms with Crippen molar-refractivity contribution in [3.05, 3.63) is 35.9 Å². The molecule has 1 N–H and O–H groups in total. The zero-order valence-corrected chi connectivity index (χ0v) is 12.2. The van der Waals surface area contributed by atoms with E-state index in [0.29, 0.717) is 6.04 Å². The maximum absolute atomic E-state index is 5.47. The van der Waals surface area contributed by atoms with Gasteiger partial charge in [0.05, 0.1) is 5.60 Å². The zero-order valence-electron chi connectivity index (χ0n) is 12.2. The summed E-state index contributed by atoms with van der Waals surface area (Å²) in [6.45, 7) is 7.33. The lowest BCUT2D eigenvalue weighted by Crippen LogP contribution is -2.38. The molecule has 0 fully saturated rings. The van der Waals surface area contributed by atoms with Crippen LogP contribution in [0.3, 0.4) is 0 Å². The average Bonchev–Trinajstić information content (AvgIpc) is 2.40. The van der Waals surface area contributed by atoms with Gasteiger partial charge >= 0.3 is 0 Å². The minimum atomic E-state index is -0.112. The molecule has 1 aromatic carbocycles. The van der Waals surface area contributed by atoms with E-state index in [2.05, 4.69) is 56.4 Å². The van der Waals surface area contributed by atoms with Crippen molar-refractivity contribution in [1.29, 1.82) is 0 Å². The third kappa shape index (κ3) is 5.19. The Balaban J connectivity index is 2.62. The molecule has 1 aromatic rings. The van der Waals surface area contributed by atoms with E-state index in [-0.39, 0.29) is 5.60 Å². The molecular formula is C16H27NO. The van der Waals surface area contributed by atoms with Crippen molar-refractivity contribution in [2.24, 2.45) is 0 Å². The third-order valence-electron chi connectivity index (χ3n) is 3.38. The zero-order chi connectivity index (χ0) is 13.4. The van der Waals surface area contributed by atoms with Crippen LogP contribution in [-0.4, -0.2) is 19.3 Å². The maximum atomic E-state index is 5.47. The van der Waals surface area contributed by atoms with Crippen LogP contribution in [0, 0.1) is 0 Å². The fraction of sp³-hybridized carbons (Fsp3) is 0.625. The number of hydrogen-bond donors (Lipinski definition) is 1. The Morgan fingerprint density at radius 3 is 2.44 bits per heavy atom. The summed E-state index contributed by atoms with van der Waals surface area (Å²) in [5.41, 5.74) is 1.26. The summed E-state index contributed by atoms with van der Waals surface area (Å²) in [6, 6.07) is 11.1. The molecule has 1 unspecified atom stereocenters. The van der Waals surface area contributed by atoms with Crippen molar-refractivity contribution >= 4 is 0 Å². The lowest BCUT2D eigenvalue weighted by atomic mass is 10.00. The summed E-state index contributed by atoms with van der Waals surface area (Å²) in [4.78, 5) is 0. The van der Waals surface area contributed by atoms with E-state index >= 15 is 0 Å². The van der Waals surface area contributed by atoms with Crippen molar-refractivity contribution < 1.29 is 4.74 Å². The maximum Gasteiger partial charge on any atom is 0.0746 e. The molecule has 0 bridgehead atoms.